The lowest BCUT2D eigenvalue weighted by atomic mass is 9.89. The van der Waals surface area contributed by atoms with Crippen LogP contribution >= 0.6 is 24.0 Å². The Morgan fingerprint density at radius 3 is 2.48 bits per heavy atom. The van der Waals surface area contributed by atoms with Gasteiger partial charge in [0.25, 0.3) is 0 Å². The highest BCUT2D eigenvalue weighted by Crippen LogP contribution is 2.40. The molecule has 0 aromatic heterocycles. The summed E-state index contributed by atoms with van der Waals surface area (Å²) in [6.07, 6.45) is 5.14. The molecule has 21 heavy (non-hydrogen) atoms. The van der Waals surface area contributed by atoms with Crippen LogP contribution in [0, 0.1) is 11.7 Å². The van der Waals surface area contributed by atoms with E-state index < -0.39 is 0 Å². The third-order valence-electron chi connectivity index (χ3n) is 4.68. The van der Waals surface area contributed by atoms with Crippen LogP contribution in [0.3, 0.4) is 0 Å². The fourth-order valence-electron chi connectivity index (χ4n) is 3.71. The average molecular weight is 333 g/mol. The van der Waals surface area contributed by atoms with Crippen molar-refractivity contribution in [1.29, 1.82) is 0 Å². The number of halogens is 3. The maximum Gasteiger partial charge on any atom is 0.142 e. The Morgan fingerprint density at radius 2 is 1.86 bits per heavy atom. The minimum absolute atomic E-state index is 0. The topological polar surface area (TPSA) is 15.3 Å². The zero-order valence-electron chi connectivity index (χ0n) is 12.2. The van der Waals surface area contributed by atoms with Gasteiger partial charge in [-0.2, -0.15) is 0 Å². The van der Waals surface area contributed by atoms with Crippen molar-refractivity contribution < 1.29 is 4.39 Å². The standard InChI is InChI=1S/C16H22ClFN2.ClH/c17-14-6-5-13(11-15(14)18)16(12-3-1-2-4-12)20-9-7-19-8-10-20;/h5-6,11-12,16,19H,1-4,7-10H2;1H/t16-;/m0./s1. The summed E-state index contributed by atoms with van der Waals surface area (Å²) >= 11 is 5.83. The number of benzene rings is 1. The molecule has 1 saturated carbocycles. The van der Waals surface area contributed by atoms with Gasteiger partial charge in [0, 0.05) is 32.2 Å². The van der Waals surface area contributed by atoms with Crippen LogP contribution in [0.15, 0.2) is 18.2 Å². The summed E-state index contributed by atoms with van der Waals surface area (Å²) in [7, 11) is 0. The van der Waals surface area contributed by atoms with Crippen molar-refractivity contribution in [2.45, 2.75) is 31.7 Å². The molecule has 2 aliphatic rings. The monoisotopic (exact) mass is 332 g/mol. The zero-order valence-corrected chi connectivity index (χ0v) is 13.7. The van der Waals surface area contributed by atoms with Gasteiger partial charge in [-0.25, -0.2) is 4.39 Å². The van der Waals surface area contributed by atoms with Crippen molar-refractivity contribution in [3.8, 4) is 0 Å². The van der Waals surface area contributed by atoms with Crippen LogP contribution in [0.4, 0.5) is 4.39 Å². The molecule has 1 heterocycles. The lowest BCUT2D eigenvalue weighted by molar-refractivity contribution is 0.125. The molecule has 0 unspecified atom stereocenters. The summed E-state index contributed by atoms with van der Waals surface area (Å²) in [5, 5.41) is 3.62. The summed E-state index contributed by atoms with van der Waals surface area (Å²) in [6.45, 7) is 4.15. The van der Waals surface area contributed by atoms with Gasteiger partial charge in [0.15, 0.2) is 0 Å². The van der Waals surface area contributed by atoms with E-state index in [1.54, 1.807) is 12.1 Å². The fraction of sp³-hybridized carbons (Fsp3) is 0.625. The Morgan fingerprint density at radius 1 is 1.19 bits per heavy atom. The van der Waals surface area contributed by atoms with Crippen LogP contribution in [0.2, 0.25) is 5.02 Å². The Bertz CT molecular complexity index is 458. The van der Waals surface area contributed by atoms with Gasteiger partial charge < -0.3 is 5.32 Å². The summed E-state index contributed by atoms with van der Waals surface area (Å²) in [4.78, 5) is 2.52. The molecule has 1 aromatic rings. The van der Waals surface area contributed by atoms with Crippen molar-refractivity contribution in [3.63, 3.8) is 0 Å². The Hall–Kier alpha value is -0.350. The molecule has 1 saturated heterocycles. The Kier molecular flexibility index (Phi) is 6.30. The quantitative estimate of drug-likeness (QED) is 0.898. The van der Waals surface area contributed by atoms with Crippen molar-refractivity contribution in [3.05, 3.63) is 34.6 Å². The number of piperazine rings is 1. The van der Waals surface area contributed by atoms with Crippen LogP contribution in [-0.2, 0) is 0 Å². The molecule has 1 atom stereocenters. The first-order valence-electron chi connectivity index (χ1n) is 7.65. The molecule has 5 heteroatoms. The normalized spacial score (nSPS) is 22.0. The minimum Gasteiger partial charge on any atom is -0.314 e. The van der Waals surface area contributed by atoms with E-state index in [0.717, 1.165) is 31.7 Å². The van der Waals surface area contributed by atoms with Crippen LogP contribution in [-0.4, -0.2) is 31.1 Å². The summed E-state index contributed by atoms with van der Waals surface area (Å²) in [5.74, 6) is 0.371. The highest BCUT2D eigenvalue weighted by molar-refractivity contribution is 6.30. The maximum atomic E-state index is 13.8. The molecule has 118 valence electrons. The van der Waals surface area contributed by atoms with E-state index in [1.165, 1.54) is 25.7 Å². The number of rotatable bonds is 3. The molecule has 2 fully saturated rings. The van der Waals surface area contributed by atoms with E-state index in [1.807, 2.05) is 6.07 Å². The first-order chi connectivity index (χ1) is 9.75. The smallest absolute Gasteiger partial charge is 0.142 e. The second-order valence-corrected chi connectivity index (χ2v) is 6.36. The molecule has 1 aliphatic heterocycles. The molecule has 0 radical (unpaired) electrons. The zero-order chi connectivity index (χ0) is 13.9. The molecular formula is C16H23Cl2FN2. The van der Waals surface area contributed by atoms with E-state index >= 15 is 0 Å². The van der Waals surface area contributed by atoms with Gasteiger partial charge in [0.05, 0.1) is 5.02 Å². The maximum absolute atomic E-state index is 13.8. The SMILES string of the molecule is Cl.Fc1cc([C@H](C2CCCC2)N2CCNCC2)ccc1Cl. The number of hydrogen-bond donors (Lipinski definition) is 1. The van der Waals surface area contributed by atoms with Gasteiger partial charge in [0.1, 0.15) is 5.82 Å². The summed E-state index contributed by atoms with van der Waals surface area (Å²) < 4.78 is 13.8. The van der Waals surface area contributed by atoms with Crippen molar-refractivity contribution in [2.75, 3.05) is 26.2 Å². The minimum atomic E-state index is -0.290. The summed E-state index contributed by atoms with van der Waals surface area (Å²) in [6, 6.07) is 5.71. The van der Waals surface area contributed by atoms with Gasteiger partial charge in [-0.05, 0) is 36.5 Å². The predicted molar refractivity (Wildman–Crippen MR) is 87.8 cm³/mol. The second kappa shape index (κ2) is 7.77. The molecule has 0 bridgehead atoms. The van der Waals surface area contributed by atoms with Gasteiger partial charge in [0.2, 0.25) is 0 Å². The van der Waals surface area contributed by atoms with Crippen molar-refractivity contribution in [1.82, 2.24) is 10.2 Å². The Labute approximate surface area is 137 Å². The van der Waals surface area contributed by atoms with Gasteiger partial charge in [-0.15, -0.1) is 12.4 Å². The van der Waals surface area contributed by atoms with Crippen molar-refractivity contribution in [2.24, 2.45) is 5.92 Å². The Balaban J connectivity index is 0.00000161. The first-order valence-corrected chi connectivity index (χ1v) is 8.03. The van der Waals surface area contributed by atoms with E-state index in [4.69, 9.17) is 11.6 Å². The number of hydrogen-bond acceptors (Lipinski definition) is 2. The van der Waals surface area contributed by atoms with Gasteiger partial charge in [-0.3, -0.25) is 4.90 Å². The molecule has 1 aromatic carbocycles. The molecule has 1 N–H and O–H groups in total. The van der Waals surface area contributed by atoms with Gasteiger partial charge >= 0.3 is 0 Å². The fourth-order valence-corrected chi connectivity index (χ4v) is 3.83. The van der Waals surface area contributed by atoms with E-state index in [-0.39, 0.29) is 23.2 Å². The predicted octanol–water partition coefficient (Wildman–Crippen LogP) is 4.04. The molecule has 2 nitrogen and oxygen atoms in total. The highest BCUT2D eigenvalue weighted by Gasteiger charge is 2.32. The van der Waals surface area contributed by atoms with Crippen LogP contribution in [0.25, 0.3) is 0 Å². The van der Waals surface area contributed by atoms with E-state index in [0.29, 0.717) is 12.0 Å². The third kappa shape index (κ3) is 3.89. The number of nitrogens with zero attached hydrogens (tertiary/aromatic N) is 1. The van der Waals surface area contributed by atoms with Crippen molar-refractivity contribution >= 4 is 24.0 Å². The first kappa shape index (κ1) is 17.0. The van der Waals surface area contributed by atoms with Crippen LogP contribution in [0.5, 0.6) is 0 Å². The average Bonchev–Trinajstić information content (AvgIpc) is 2.98. The number of nitrogens with one attached hydrogen (secondary N) is 1. The molecule has 3 rings (SSSR count). The third-order valence-corrected chi connectivity index (χ3v) is 4.98. The van der Waals surface area contributed by atoms with E-state index in [2.05, 4.69) is 10.2 Å². The lowest BCUT2D eigenvalue weighted by Gasteiger charge is -2.38. The lowest BCUT2D eigenvalue weighted by Crippen LogP contribution is -2.46. The molecular weight excluding hydrogens is 310 g/mol. The van der Waals surface area contributed by atoms with Crippen LogP contribution < -0.4 is 5.32 Å². The molecule has 1 aliphatic carbocycles. The summed E-state index contributed by atoms with van der Waals surface area (Å²) in [5.41, 5.74) is 1.10. The molecule has 0 spiro atoms. The second-order valence-electron chi connectivity index (χ2n) is 5.95. The van der Waals surface area contributed by atoms with Gasteiger partial charge in [-0.1, -0.05) is 30.5 Å². The van der Waals surface area contributed by atoms with E-state index in [9.17, 15) is 4.39 Å². The highest BCUT2D eigenvalue weighted by atomic mass is 35.5. The van der Waals surface area contributed by atoms with Crippen LogP contribution in [0.1, 0.15) is 37.3 Å². The largest absolute Gasteiger partial charge is 0.314 e. The molecule has 0 amide bonds.